The Morgan fingerprint density at radius 2 is 2.22 bits per heavy atom. The number of anilines is 1. The Labute approximate surface area is 101 Å². The first-order chi connectivity index (χ1) is 8.45. The van der Waals surface area contributed by atoms with E-state index in [1.54, 1.807) is 0 Å². The molecule has 0 amide bonds. The van der Waals surface area contributed by atoms with Crippen molar-refractivity contribution in [3.8, 4) is 5.75 Å². The third-order valence-electron chi connectivity index (χ3n) is 2.19. The maximum atomic E-state index is 12.1. The zero-order valence-corrected chi connectivity index (χ0v) is 9.47. The third-order valence-corrected chi connectivity index (χ3v) is 2.19. The van der Waals surface area contributed by atoms with Gasteiger partial charge in [-0.1, -0.05) is 0 Å². The number of ether oxygens (including phenoxy) is 1. The quantitative estimate of drug-likeness (QED) is 0.601. The summed E-state index contributed by atoms with van der Waals surface area (Å²) < 4.78 is 29.0. The highest BCUT2D eigenvalue weighted by molar-refractivity contribution is 5.64. The number of halogens is 2. The Bertz CT molecular complexity index is 428. The molecule has 0 fully saturated rings. The summed E-state index contributed by atoms with van der Waals surface area (Å²) in [6.07, 6.45) is -4.81. The number of hydrogen-bond donors (Lipinski definition) is 2. The van der Waals surface area contributed by atoms with Crippen LogP contribution in [0.5, 0.6) is 5.75 Å². The predicted molar refractivity (Wildman–Crippen MR) is 60.1 cm³/mol. The van der Waals surface area contributed by atoms with Gasteiger partial charge >= 0.3 is 0 Å². The standard InChI is InChI=1S/C10H12F2N2O4/c1-18-6-2-3-8(14(16)17)7(4-6)13-5-9(15)10(11)12/h2-4,9-10,13,15H,5H2,1H3. The average molecular weight is 262 g/mol. The minimum atomic E-state index is -2.91. The Morgan fingerprint density at radius 1 is 1.56 bits per heavy atom. The first kappa shape index (κ1) is 14.1. The van der Waals surface area contributed by atoms with Gasteiger partial charge in [-0.2, -0.15) is 0 Å². The molecule has 100 valence electrons. The average Bonchev–Trinajstić information content (AvgIpc) is 2.34. The van der Waals surface area contributed by atoms with Gasteiger partial charge < -0.3 is 15.2 Å². The lowest BCUT2D eigenvalue weighted by atomic mass is 10.2. The van der Waals surface area contributed by atoms with Crippen LogP contribution in [0.4, 0.5) is 20.2 Å². The first-order valence-electron chi connectivity index (χ1n) is 4.98. The van der Waals surface area contributed by atoms with Crippen LogP contribution in [0.15, 0.2) is 18.2 Å². The van der Waals surface area contributed by atoms with Gasteiger partial charge in [0.1, 0.15) is 17.5 Å². The molecule has 0 aliphatic heterocycles. The van der Waals surface area contributed by atoms with Crippen molar-refractivity contribution in [3.05, 3.63) is 28.3 Å². The summed E-state index contributed by atoms with van der Waals surface area (Å²) in [7, 11) is 1.37. The van der Waals surface area contributed by atoms with Gasteiger partial charge in [-0.3, -0.25) is 10.1 Å². The summed E-state index contributed by atoms with van der Waals surface area (Å²) in [5.74, 6) is 0.342. The number of nitrogens with zero attached hydrogens (tertiary/aromatic N) is 1. The van der Waals surface area contributed by atoms with E-state index in [0.717, 1.165) is 0 Å². The number of benzene rings is 1. The van der Waals surface area contributed by atoms with E-state index in [-0.39, 0.29) is 11.4 Å². The number of nitro benzene ring substituents is 1. The molecule has 0 aliphatic carbocycles. The number of hydrogen-bond acceptors (Lipinski definition) is 5. The number of alkyl halides is 2. The third kappa shape index (κ3) is 3.52. The van der Waals surface area contributed by atoms with Crippen molar-refractivity contribution < 1.29 is 23.5 Å². The largest absolute Gasteiger partial charge is 0.497 e. The summed E-state index contributed by atoms with van der Waals surface area (Å²) in [6, 6.07) is 3.87. The smallest absolute Gasteiger partial charge is 0.292 e. The van der Waals surface area contributed by atoms with Crippen LogP contribution in [0.3, 0.4) is 0 Å². The van der Waals surface area contributed by atoms with Gasteiger partial charge in [0.15, 0.2) is 0 Å². The van der Waals surface area contributed by atoms with Crippen molar-refractivity contribution in [1.82, 2.24) is 0 Å². The second-order valence-electron chi connectivity index (χ2n) is 3.42. The first-order valence-corrected chi connectivity index (χ1v) is 4.98. The zero-order chi connectivity index (χ0) is 13.7. The van der Waals surface area contributed by atoms with Gasteiger partial charge in [0, 0.05) is 18.7 Å². The summed E-state index contributed by atoms with van der Waals surface area (Å²) in [5.41, 5.74) is -0.267. The molecule has 1 aromatic carbocycles. The van der Waals surface area contributed by atoms with E-state index < -0.39 is 24.0 Å². The molecular formula is C10H12F2N2O4. The van der Waals surface area contributed by atoms with Crippen molar-refractivity contribution in [2.45, 2.75) is 12.5 Å². The van der Waals surface area contributed by atoms with Gasteiger partial charge in [0.2, 0.25) is 0 Å². The fourth-order valence-corrected chi connectivity index (χ4v) is 1.25. The molecule has 0 radical (unpaired) electrons. The van der Waals surface area contributed by atoms with Gasteiger partial charge in [-0.05, 0) is 6.07 Å². The van der Waals surface area contributed by atoms with E-state index in [4.69, 9.17) is 9.84 Å². The number of nitrogens with one attached hydrogen (secondary N) is 1. The topological polar surface area (TPSA) is 84.6 Å². The van der Waals surface area contributed by atoms with Crippen LogP contribution in [0.25, 0.3) is 0 Å². The molecule has 1 rings (SSSR count). The molecule has 1 unspecified atom stereocenters. The van der Waals surface area contributed by atoms with Crippen LogP contribution in [0.1, 0.15) is 0 Å². The molecule has 6 nitrogen and oxygen atoms in total. The lowest BCUT2D eigenvalue weighted by Crippen LogP contribution is -2.27. The predicted octanol–water partition coefficient (Wildman–Crippen LogP) is 1.64. The second-order valence-corrected chi connectivity index (χ2v) is 3.42. The molecular weight excluding hydrogens is 250 g/mol. The van der Waals surface area contributed by atoms with Crippen LogP contribution >= 0.6 is 0 Å². The van der Waals surface area contributed by atoms with E-state index >= 15 is 0 Å². The molecule has 1 aromatic rings. The van der Waals surface area contributed by atoms with E-state index in [0.29, 0.717) is 5.75 Å². The van der Waals surface area contributed by atoms with Crippen LogP contribution in [-0.4, -0.2) is 36.2 Å². The van der Waals surface area contributed by atoms with Crippen molar-refractivity contribution in [2.24, 2.45) is 0 Å². The fourth-order valence-electron chi connectivity index (χ4n) is 1.25. The Kier molecular flexibility index (Phi) is 4.78. The second kappa shape index (κ2) is 6.10. The maximum absolute atomic E-state index is 12.1. The molecule has 0 heterocycles. The van der Waals surface area contributed by atoms with Gasteiger partial charge in [-0.15, -0.1) is 0 Å². The Hall–Kier alpha value is -1.96. The normalized spacial score (nSPS) is 12.3. The maximum Gasteiger partial charge on any atom is 0.292 e. The molecule has 0 aliphatic rings. The minimum Gasteiger partial charge on any atom is -0.497 e. The van der Waals surface area contributed by atoms with Crippen LogP contribution in [-0.2, 0) is 0 Å². The van der Waals surface area contributed by atoms with Gasteiger partial charge in [-0.25, -0.2) is 8.78 Å². The van der Waals surface area contributed by atoms with Gasteiger partial charge in [0.05, 0.1) is 12.0 Å². The molecule has 2 N–H and O–H groups in total. The monoisotopic (exact) mass is 262 g/mol. The minimum absolute atomic E-state index is 0.0130. The van der Waals surface area contributed by atoms with Crippen molar-refractivity contribution in [1.29, 1.82) is 0 Å². The molecule has 1 atom stereocenters. The van der Waals surface area contributed by atoms with E-state index in [9.17, 15) is 18.9 Å². The number of methoxy groups -OCH3 is 1. The summed E-state index contributed by atoms with van der Waals surface area (Å²) in [5, 5.41) is 22.0. The van der Waals surface area contributed by atoms with E-state index in [1.807, 2.05) is 0 Å². The Balaban J connectivity index is 2.87. The lowest BCUT2D eigenvalue weighted by molar-refractivity contribution is -0.384. The van der Waals surface area contributed by atoms with Crippen molar-refractivity contribution in [3.63, 3.8) is 0 Å². The van der Waals surface area contributed by atoms with Crippen LogP contribution in [0, 0.1) is 10.1 Å². The number of aliphatic hydroxyl groups is 1. The summed E-state index contributed by atoms with van der Waals surface area (Å²) >= 11 is 0. The fraction of sp³-hybridized carbons (Fsp3) is 0.400. The van der Waals surface area contributed by atoms with Crippen LogP contribution < -0.4 is 10.1 Å². The summed E-state index contributed by atoms with van der Waals surface area (Å²) in [4.78, 5) is 10.1. The molecule has 8 heteroatoms. The molecule has 0 bridgehead atoms. The molecule has 18 heavy (non-hydrogen) atoms. The highest BCUT2D eigenvalue weighted by Crippen LogP contribution is 2.28. The number of rotatable bonds is 6. The van der Waals surface area contributed by atoms with Crippen LogP contribution in [0.2, 0.25) is 0 Å². The highest BCUT2D eigenvalue weighted by atomic mass is 19.3. The van der Waals surface area contributed by atoms with Crippen molar-refractivity contribution >= 4 is 11.4 Å². The van der Waals surface area contributed by atoms with Gasteiger partial charge in [0.25, 0.3) is 12.1 Å². The highest BCUT2D eigenvalue weighted by Gasteiger charge is 2.19. The van der Waals surface area contributed by atoms with Crippen molar-refractivity contribution in [2.75, 3.05) is 19.0 Å². The molecule has 0 spiro atoms. The number of aliphatic hydroxyl groups excluding tert-OH is 1. The number of nitro groups is 1. The molecule has 0 saturated carbocycles. The summed E-state index contributed by atoms with van der Waals surface area (Å²) in [6.45, 7) is -0.494. The van der Waals surface area contributed by atoms with E-state index in [1.165, 1.54) is 25.3 Å². The zero-order valence-electron chi connectivity index (χ0n) is 9.47. The lowest BCUT2D eigenvalue weighted by Gasteiger charge is -2.12. The molecule has 0 saturated heterocycles. The van der Waals surface area contributed by atoms with E-state index in [2.05, 4.69) is 5.32 Å². The Morgan fingerprint density at radius 3 is 2.72 bits per heavy atom. The SMILES string of the molecule is COc1ccc([N+](=O)[O-])c(NCC(O)C(F)F)c1. The molecule has 0 aromatic heterocycles.